The van der Waals surface area contributed by atoms with Crippen LogP contribution in [0.4, 0.5) is 0 Å². The summed E-state index contributed by atoms with van der Waals surface area (Å²) < 4.78 is 5.88. The van der Waals surface area contributed by atoms with Crippen LogP contribution in [-0.2, 0) is 18.4 Å². The molecule has 4 heteroatoms. The van der Waals surface area contributed by atoms with Crippen molar-refractivity contribution >= 4 is 0 Å². The fourth-order valence-corrected chi connectivity index (χ4v) is 3.49. The molecule has 2 heterocycles. The normalized spacial score (nSPS) is 11.4. The van der Waals surface area contributed by atoms with E-state index in [0.29, 0.717) is 18.8 Å². The lowest BCUT2D eigenvalue weighted by Crippen LogP contribution is -2.10. The summed E-state index contributed by atoms with van der Waals surface area (Å²) in [5.74, 6) is 1.48. The first-order chi connectivity index (χ1) is 15.4. The Morgan fingerprint density at radius 1 is 0.781 bits per heavy atom. The van der Waals surface area contributed by atoms with E-state index in [1.807, 2.05) is 43.5 Å². The summed E-state index contributed by atoms with van der Waals surface area (Å²) in [6, 6.07) is 22.9. The number of rotatable bonds is 6. The third-order valence-corrected chi connectivity index (χ3v) is 5.46. The van der Waals surface area contributed by atoms with Gasteiger partial charge in [-0.15, -0.1) is 0 Å². The highest BCUT2D eigenvalue weighted by molar-refractivity contribution is 5.59. The van der Waals surface area contributed by atoms with Crippen LogP contribution >= 0.6 is 0 Å². The Labute approximate surface area is 190 Å². The molecular weight excluding hydrogens is 394 g/mol. The highest BCUT2D eigenvalue weighted by Gasteiger charge is 2.13. The van der Waals surface area contributed by atoms with Crippen molar-refractivity contribution in [1.82, 2.24) is 15.0 Å². The first-order valence-corrected chi connectivity index (χ1v) is 10.9. The summed E-state index contributed by atoms with van der Waals surface area (Å²) in [7, 11) is 0. The third kappa shape index (κ3) is 5.38. The second kappa shape index (κ2) is 9.31. The lowest BCUT2D eigenvalue weighted by Gasteiger charge is -2.19. The van der Waals surface area contributed by atoms with Crippen molar-refractivity contribution in [3.63, 3.8) is 0 Å². The SMILES string of the molecule is Cc1nc(Cc2ccc(-c3ccc(C(C)(C)C)cc3)nc2)ncc1OCc1ccccc1. The summed E-state index contributed by atoms with van der Waals surface area (Å²) in [6.07, 6.45) is 4.31. The molecule has 0 aliphatic heterocycles. The second-order valence-electron chi connectivity index (χ2n) is 9.07. The van der Waals surface area contributed by atoms with E-state index in [4.69, 9.17) is 4.74 Å². The quantitative estimate of drug-likeness (QED) is 0.364. The number of hydrogen-bond donors (Lipinski definition) is 0. The average molecular weight is 424 g/mol. The third-order valence-electron chi connectivity index (χ3n) is 5.46. The number of aryl methyl sites for hydroxylation is 1. The van der Waals surface area contributed by atoms with Crippen molar-refractivity contribution in [3.8, 4) is 17.0 Å². The lowest BCUT2D eigenvalue weighted by atomic mass is 9.86. The van der Waals surface area contributed by atoms with E-state index in [1.54, 1.807) is 6.20 Å². The summed E-state index contributed by atoms with van der Waals surface area (Å²) in [4.78, 5) is 13.8. The standard InChI is InChI=1S/C28H29N3O/c1-20-26(32-19-21-8-6-5-7-9-21)18-30-27(31-20)16-22-10-15-25(29-17-22)23-11-13-24(14-12-23)28(2,3)4/h5-15,17-18H,16,19H2,1-4H3. The summed E-state index contributed by atoms with van der Waals surface area (Å²) >= 11 is 0. The molecule has 4 aromatic rings. The van der Waals surface area contributed by atoms with E-state index in [0.717, 1.165) is 33.9 Å². The molecule has 2 aromatic heterocycles. The van der Waals surface area contributed by atoms with E-state index in [-0.39, 0.29) is 5.41 Å². The number of hydrogen-bond acceptors (Lipinski definition) is 4. The molecule has 0 aliphatic carbocycles. The van der Waals surface area contributed by atoms with Crippen molar-refractivity contribution in [2.75, 3.05) is 0 Å². The molecule has 4 rings (SSSR count). The van der Waals surface area contributed by atoms with E-state index in [2.05, 4.69) is 72.1 Å². The molecule has 0 saturated heterocycles. The molecule has 2 aromatic carbocycles. The molecule has 0 spiro atoms. The van der Waals surface area contributed by atoms with Crippen molar-refractivity contribution in [2.45, 2.75) is 46.1 Å². The van der Waals surface area contributed by atoms with Crippen LogP contribution in [0, 0.1) is 6.92 Å². The highest BCUT2D eigenvalue weighted by Crippen LogP contribution is 2.25. The molecule has 0 unspecified atom stereocenters. The molecule has 0 N–H and O–H groups in total. The second-order valence-corrected chi connectivity index (χ2v) is 9.07. The zero-order chi connectivity index (χ0) is 22.6. The predicted molar refractivity (Wildman–Crippen MR) is 129 cm³/mol. The van der Waals surface area contributed by atoms with Gasteiger partial charge in [-0.3, -0.25) is 4.98 Å². The summed E-state index contributed by atoms with van der Waals surface area (Å²) in [5.41, 5.74) is 6.60. The number of pyridine rings is 1. The Kier molecular flexibility index (Phi) is 6.31. The van der Waals surface area contributed by atoms with Crippen LogP contribution in [0.2, 0.25) is 0 Å². The topological polar surface area (TPSA) is 47.9 Å². The van der Waals surface area contributed by atoms with Gasteiger partial charge in [-0.25, -0.2) is 9.97 Å². The van der Waals surface area contributed by atoms with E-state index >= 15 is 0 Å². The van der Waals surface area contributed by atoms with Crippen LogP contribution < -0.4 is 4.74 Å². The first kappa shape index (κ1) is 21.7. The van der Waals surface area contributed by atoms with Crippen molar-refractivity contribution in [2.24, 2.45) is 0 Å². The van der Waals surface area contributed by atoms with Gasteiger partial charge in [0.2, 0.25) is 0 Å². The molecule has 0 fully saturated rings. The minimum absolute atomic E-state index is 0.149. The van der Waals surface area contributed by atoms with Gasteiger partial charge in [0.05, 0.1) is 17.6 Å². The molecule has 162 valence electrons. The van der Waals surface area contributed by atoms with Crippen LogP contribution in [0.1, 0.15) is 49.0 Å². The molecule has 32 heavy (non-hydrogen) atoms. The maximum atomic E-state index is 5.88. The van der Waals surface area contributed by atoms with Crippen LogP contribution in [0.3, 0.4) is 0 Å². The van der Waals surface area contributed by atoms with E-state index < -0.39 is 0 Å². The Morgan fingerprint density at radius 3 is 2.16 bits per heavy atom. The maximum absolute atomic E-state index is 5.88. The van der Waals surface area contributed by atoms with Crippen LogP contribution in [0.15, 0.2) is 79.1 Å². The average Bonchev–Trinajstić information content (AvgIpc) is 2.79. The Morgan fingerprint density at radius 2 is 1.53 bits per heavy atom. The van der Waals surface area contributed by atoms with Gasteiger partial charge in [0, 0.05) is 18.2 Å². The molecule has 0 radical (unpaired) electrons. The van der Waals surface area contributed by atoms with Gasteiger partial charge in [-0.1, -0.05) is 81.4 Å². The fraction of sp³-hybridized carbons (Fsp3) is 0.250. The van der Waals surface area contributed by atoms with Gasteiger partial charge in [0.15, 0.2) is 5.75 Å². The molecule has 0 aliphatic rings. The Balaban J connectivity index is 1.40. The monoisotopic (exact) mass is 423 g/mol. The van der Waals surface area contributed by atoms with E-state index in [9.17, 15) is 0 Å². The highest BCUT2D eigenvalue weighted by atomic mass is 16.5. The van der Waals surface area contributed by atoms with Gasteiger partial charge in [0.1, 0.15) is 12.4 Å². The van der Waals surface area contributed by atoms with E-state index in [1.165, 1.54) is 5.56 Å². The lowest BCUT2D eigenvalue weighted by molar-refractivity contribution is 0.300. The number of ether oxygens (including phenoxy) is 1. The zero-order valence-electron chi connectivity index (χ0n) is 19.2. The molecule has 0 saturated carbocycles. The largest absolute Gasteiger partial charge is 0.485 e. The number of aromatic nitrogens is 3. The van der Waals surface area contributed by atoms with Gasteiger partial charge >= 0.3 is 0 Å². The van der Waals surface area contributed by atoms with Gasteiger partial charge in [-0.2, -0.15) is 0 Å². The summed E-state index contributed by atoms with van der Waals surface area (Å²) in [5, 5.41) is 0. The minimum Gasteiger partial charge on any atom is -0.485 e. The van der Waals surface area contributed by atoms with Crippen molar-refractivity contribution < 1.29 is 4.74 Å². The predicted octanol–water partition coefficient (Wildman–Crippen LogP) is 6.31. The van der Waals surface area contributed by atoms with Gasteiger partial charge in [0.25, 0.3) is 0 Å². The summed E-state index contributed by atoms with van der Waals surface area (Å²) in [6.45, 7) is 9.13. The van der Waals surface area contributed by atoms with Crippen LogP contribution in [-0.4, -0.2) is 15.0 Å². The van der Waals surface area contributed by atoms with Gasteiger partial charge in [-0.05, 0) is 35.1 Å². The smallest absolute Gasteiger partial charge is 0.159 e. The van der Waals surface area contributed by atoms with Crippen LogP contribution in [0.5, 0.6) is 5.75 Å². The van der Waals surface area contributed by atoms with Crippen molar-refractivity contribution in [1.29, 1.82) is 0 Å². The molecule has 0 atom stereocenters. The molecule has 0 bridgehead atoms. The number of nitrogens with zero attached hydrogens (tertiary/aromatic N) is 3. The van der Waals surface area contributed by atoms with Crippen molar-refractivity contribution in [3.05, 3.63) is 107 Å². The Hall–Kier alpha value is -3.53. The van der Waals surface area contributed by atoms with Gasteiger partial charge < -0.3 is 4.74 Å². The molecule has 4 nitrogen and oxygen atoms in total. The number of benzene rings is 2. The zero-order valence-corrected chi connectivity index (χ0v) is 19.2. The molecule has 0 amide bonds. The fourth-order valence-electron chi connectivity index (χ4n) is 3.49. The maximum Gasteiger partial charge on any atom is 0.159 e. The van der Waals surface area contributed by atoms with Crippen LogP contribution in [0.25, 0.3) is 11.3 Å². The Bertz CT molecular complexity index is 1160. The minimum atomic E-state index is 0.149. The molecular formula is C28H29N3O. The first-order valence-electron chi connectivity index (χ1n) is 10.9.